The van der Waals surface area contributed by atoms with Gasteiger partial charge in [0.05, 0.1) is 10.7 Å². The molecule has 0 aliphatic carbocycles. The Morgan fingerprint density at radius 2 is 1.33 bits per heavy atom. The molecule has 0 radical (unpaired) electrons. The summed E-state index contributed by atoms with van der Waals surface area (Å²) in [6, 6.07) is 0. The van der Waals surface area contributed by atoms with Gasteiger partial charge in [-0.25, -0.2) is 4.79 Å². The van der Waals surface area contributed by atoms with Crippen LogP contribution in [-0.4, -0.2) is 9.13 Å². The lowest BCUT2D eigenvalue weighted by Crippen LogP contribution is -2.30. The van der Waals surface area contributed by atoms with E-state index in [1.165, 1.54) is 0 Å². The van der Waals surface area contributed by atoms with Gasteiger partial charge in [0.1, 0.15) is 0 Å². The van der Waals surface area contributed by atoms with Crippen LogP contribution in [0.1, 0.15) is 13.8 Å². The summed E-state index contributed by atoms with van der Waals surface area (Å²) < 4.78 is 3.30. The van der Waals surface area contributed by atoms with E-state index in [4.69, 9.17) is 0 Å². The van der Waals surface area contributed by atoms with E-state index in [1.54, 1.807) is 23.2 Å². The van der Waals surface area contributed by atoms with E-state index < -0.39 is 0 Å². The molecular formula is C9H14N2O. The molecule has 66 valence electrons. The molecule has 1 rings (SSSR count). The molecule has 3 nitrogen and oxygen atoms in total. The number of hydrogen-bond donors (Lipinski definition) is 0. The summed E-state index contributed by atoms with van der Waals surface area (Å²) in [6.07, 6.45) is 3.88. The molecule has 0 aliphatic rings. The summed E-state index contributed by atoms with van der Waals surface area (Å²) in [6.45, 7) is 3.86. The van der Waals surface area contributed by atoms with Gasteiger partial charge in [0.15, 0.2) is 0 Å². The topological polar surface area (TPSA) is 26.9 Å². The molecule has 0 N–H and O–H groups in total. The maximum atomic E-state index is 11.4. The lowest BCUT2D eigenvalue weighted by molar-refractivity contribution is 0.761. The van der Waals surface area contributed by atoms with Gasteiger partial charge < -0.3 is 0 Å². The van der Waals surface area contributed by atoms with E-state index >= 15 is 0 Å². The van der Waals surface area contributed by atoms with Crippen molar-refractivity contribution in [3.8, 4) is 0 Å². The lowest BCUT2D eigenvalue weighted by Gasteiger charge is -1.84. The Labute approximate surface area is 71.3 Å². The van der Waals surface area contributed by atoms with E-state index in [-0.39, 0.29) is 5.69 Å². The fourth-order valence-electron chi connectivity index (χ4n) is 1.46. The van der Waals surface area contributed by atoms with Gasteiger partial charge in [-0.1, -0.05) is 12.2 Å². The summed E-state index contributed by atoms with van der Waals surface area (Å²) in [5.74, 6) is 0. The molecule has 0 fully saturated rings. The van der Waals surface area contributed by atoms with Crippen LogP contribution in [0.3, 0.4) is 0 Å². The van der Waals surface area contributed by atoms with Gasteiger partial charge in [-0.05, 0) is 13.8 Å². The first-order valence-corrected chi connectivity index (χ1v) is 3.98. The van der Waals surface area contributed by atoms with Crippen molar-refractivity contribution < 1.29 is 0 Å². The van der Waals surface area contributed by atoms with Gasteiger partial charge in [-0.2, -0.15) is 0 Å². The third-order valence-electron chi connectivity index (χ3n) is 2.11. The quantitative estimate of drug-likeness (QED) is 0.502. The minimum Gasteiger partial charge on any atom is -0.295 e. The number of hydrogen-bond acceptors (Lipinski definition) is 1. The van der Waals surface area contributed by atoms with Crippen molar-refractivity contribution in [2.45, 2.75) is 13.8 Å². The Morgan fingerprint density at radius 3 is 1.58 bits per heavy atom. The van der Waals surface area contributed by atoms with Crippen molar-refractivity contribution in [2.24, 2.45) is 14.1 Å². The van der Waals surface area contributed by atoms with Crippen LogP contribution < -0.4 is 16.4 Å². The molecule has 1 aromatic heterocycles. The Bertz CT molecular complexity index is 408. The van der Waals surface area contributed by atoms with E-state index in [0.29, 0.717) is 0 Å². The van der Waals surface area contributed by atoms with Crippen LogP contribution in [0.2, 0.25) is 0 Å². The predicted molar refractivity (Wildman–Crippen MR) is 50.2 cm³/mol. The number of imidazole rings is 1. The van der Waals surface area contributed by atoms with Crippen molar-refractivity contribution in [3.63, 3.8) is 0 Å². The maximum absolute atomic E-state index is 11.4. The zero-order valence-corrected chi connectivity index (χ0v) is 7.96. The second kappa shape index (κ2) is 3.01. The third-order valence-corrected chi connectivity index (χ3v) is 2.11. The van der Waals surface area contributed by atoms with Crippen LogP contribution in [-0.2, 0) is 14.1 Å². The molecule has 0 bridgehead atoms. The molecule has 3 heteroatoms. The summed E-state index contributed by atoms with van der Waals surface area (Å²) in [5, 5.41) is 1.95. The monoisotopic (exact) mass is 166 g/mol. The van der Waals surface area contributed by atoms with Crippen molar-refractivity contribution in [1.82, 2.24) is 9.13 Å². The van der Waals surface area contributed by atoms with Gasteiger partial charge >= 0.3 is 5.69 Å². The van der Waals surface area contributed by atoms with E-state index in [2.05, 4.69) is 0 Å². The Balaban J connectivity index is 3.96. The van der Waals surface area contributed by atoms with E-state index in [1.807, 2.05) is 26.0 Å². The van der Waals surface area contributed by atoms with Crippen molar-refractivity contribution in [1.29, 1.82) is 0 Å². The van der Waals surface area contributed by atoms with Crippen LogP contribution in [0.25, 0.3) is 12.2 Å². The Kier molecular flexibility index (Phi) is 2.22. The fourth-order valence-corrected chi connectivity index (χ4v) is 1.46. The van der Waals surface area contributed by atoms with Crippen molar-refractivity contribution >= 4 is 12.2 Å². The molecule has 0 atom stereocenters. The second-order valence-corrected chi connectivity index (χ2v) is 2.75. The molecule has 0 aromatic carbocycles. The number of rotatable bonds is 0. The first-order valence-electron chi connectivity index (χ1n) is 3.98. The molecule has 0 saturated carbocycles. The third kappa shape index (κ3) is 1.02. The minimum absolute atomic E-state index is 0.0243. The van der Waals surface area contributed by atoms with Gasteiger partial charge in [0.2, 0.25) is 0 Å². The smallest absolute Gasteiger partial charge is 0.295 e. The molecule has 0 saturated heterocycles. The summed E-state index contributed by atoms with van der Waals surface area (Å²) in [7, 11) is 3.56. The van der Waals surface area contributed by atoms with Crippen LogP contribution in [0.15, 0.2) is 4.79 Å². The first kappa shape index (κ1) is 8.84. The van der Waals surface area contributed by atoms with Crippen LogP contribution in [0.4, 0.5) is 0 Å². The van der Waals surface area contributed by atoms with Crippen molar-refractivity contribution in [2.75, 3.05) is 0 Å². The zero-order chi connectivity index (χ0) is 9.30. The summed E-state index contributed by atoms with van der Waals surface area (Å²) in [4.78, 5) is 11.4. The Hall–Kier alpha value is -1.25. The van der Waals surface area contributed by atoms with Crippen LogP contribution in [0, 0.1) is 0 Å². The molecule has 1 aromatic rings. The highest BCUT2D eigenvalue weighted by Gasteiger charge is 1.99. The fraction of sp³-hybridized carbons (Fsp3) is 0.444. The van der Waals surface area contributed by atoms with E-state index in [9.17, 15) is 4.79 Å². The second-order valence-electron chi connectivity index (χ2n) is 2.75. The molecular weight excluding hydrogens is 152 g/mol. The first-order chi connectivity index (χ1) is 5.63. The molecule has 12 heavy (non-hydrogen) atoms. The maximum Gasteiger partial charge on any atom is 0.328 e. The molecule has 0 spiro atoms. The average Bonchev–Trinajstić information content (AvgIpc) is 2.29. The largest absolute Gasteiger partial charge is 0.328 e. The molecule has 0 amide bonds. The SMILES string of the molecule is C/C=c1\c(=C/C)n(C)c(=O)n1C. The predicted octanol–water partition coefficient (Wildman–Crippen LogP) is -0.675. The van der Waals surface area contributed by atoms with Gasteiger partial charge in [-0.3, -0.25) is 9.13 Å². The lowest BCUT2D eigenvalue weighted by atomic mass is 10.4. The zero-order valence-electron chi connectivity index (χ0n) is 7.96. The normalized spacial score (nSPS) is 14.3. The molecule has 0 aliphatic heterocycles. The summed E-state index contributed by atoms with van der Waals surface area (Å²) >= 11 is 0. The van der Waals surface area contributed by atoms with Crippen molar-refractivity contribution in [3.05, 3.63) is 21.2 Å². The highest BCUT2D eigenvalue weighted by molar-refractivity contribution is 5.22. The van der Waals surface area contributed by atoms with E-state index in [0.717, 1.165) is 10.7 Å². The van der Waals surface area contributed by atoms with Gasteiger partial charge in [-0.15, -0.1) is 0 Å². The molecule has 0 unspecified atom stereocenters. The van der Waals surface area contributed by atoms with Crippen LogP contribution in [0.5, 0.6) is 0 Å². The van der Waals surface area contributed by atoms with Gasteiger partial charge in [0, 0.05) is 14.1 Å². The number of nitrogens with zero attached hydrogens (tertiary/aromatic N) is 2. The number of aromatic nitrogens is 2. The average molecular weight is 166 g/mol. The highest BCUT2D eigenvalue weighted by atomic mass is 16.1. The highest BCUT2D eigenvalue weighted by Crippen LogP contribution is 1.63. The molecule has 1 heterocycles. The summed E-state index contributed by atoms with van der Waals surface area (Å²) in [5.41, 5.74) is 0.0243. The minimum atomic E-state index is 0.0243. The van der Waals surface area contributed by atoms with Crippen LogP contribution >= 0.6 is 0 Å². The Morgan fingerprint density at radius 1 is 1.00 bits per heavy atom. The standard InChI is InChI=1S/C9H14N2O/c1-5-7-8(6-2)11(4)9(12)10(7)3/h5-6H,1-4H3/b7-5+,8-6+. The van der Waals surface area contributed by atoms with Gasteiger partial charge in [0.25, 0.3) is 0 Å².